The van der Waals surface area contributed by atoms with Gasteiger partial charge in [-0.3, -0.25) is 0 Å². The van der Waals surface area contributed by atoms with Gasteiger partial charge in [0, 0.05) is 35.8 Å². The van der Waals surface area contributed by atoms with E-state index >= 15 is 0 Å². The van der Waals surface area contributed by atoms with Gasteiger partial charge in [-0.1, -0.05) is 0 Å². The zero-order valence-corrected chi connectivity index (χ0v) is 16.1. The molecular formula is C21H23NO5. The molecule has 0 amide bonds. The fourth-order valence-electron chi connectivity index (χ4n) is 3.01. The average Bonchev–Trinajstić information content (AvgIpc) is 2.66. The van der Waals surface area contributed by atoms with Crippen molar-refractivity contribution in [2.24, 2.45) is 0 Å². The normalized spacial score (nSPS) is 10.7. The molecule has 6 nitrogen and oxygen atoms in total. The minimum absolute atomic E-state index is 0.368. The number of ether oxygens (including phenoxy) is 3. The van der Waals surface area contributed by atoms with E-state index in [2.05, 4.69) is 5.32 Å². The molecule has 0 saturated carbocycles. The molecule has 3 aromatic rings. The fourth-order valence-corrected chi connectivity index (χ4v) is 3.01. The van der Waals surface area contributed by atoms with Crippen molar-refractivity contribution in [2.75, 3.05) is 26.6 Å². The topological polar surface area (TPSA) is 69.9 Å². The third kappa shape index (κ3) is 3.69. The first kappa shape index (κ1) is 18.6. The minimum atomic E-state index is -0.368. The second-order valence-electron chi connectivity index (χ2n) is 6.29. The largest absolute Gasteiger partial charge is 0.493 e. The Hall–Kier alpha value is -3.15. The molecule has 0 radical (unpaired) electrons. The van der Waals surface area contributed by atoms with Gasteiger partial charge < -0.3 is 23.9 Å². The number of hydrogen-bond acceptors (Lipinski definition) is 6. The van der Waals surface area contributed by atoms with Crippen LogP contribution in [0.1, 0.15) is 16.7 Å². The van der Waals surface area contributed by atoms with Crippen molar-refractivity contribution in [2.45, 2.75) is 20.4 Å². The van der Waals surface area contributed by atoms with E-state index in [-0.39, 0.29) is 5.63 Å². The van der Waals surface area contributed by atoms with Crippen molar-refractivity contribution in [3.8, 4) is 17.2 Å². The van der Waals surface area contributed by atoms with Crippen LogP contribution in [-0.4, -0.2) is 21.3 Å². The lowest BCUT2D eigenvalue weighted by molar-refractivity contribution is 0.324. The molecule has 0 unspecified atom stereocenters. The molecule has 1 N–H and O–H groups in total. The van der Waals surface area contributed by atoms with Gasteiger partial charge in [0.15, 0.2) is 11.5 Å². The van der Waals surface area contributed by atoms with Crippen molar-refractivity contribution >= 4 is 16.7 Å². The Labute approximate surface area is 157 Å². The van der Waals surface area contributed by atoms with Crippen LogP contribution in [0.4, 0.5) is 5.69 Å². The van der Waals surface area contributed by atoms with E-state index in [9.17, 15) is 4.79 Å². The molecule has 0 fully saturated rings. The number of hydrogen-bond donors (Lipinski definition) is 1. The van der Waals surface area contributed by atoms with Crippen molar-refractivity contribution in [1.82, 2.24) is 0 Å². The van der Waals surface area contributed by atoms with E-state index < -0.39 is 0 Å². The maximum atomic E-state index is 11.9. The summed E-state index contributed by atoms with van der Waals surface area (Å²) in [5, 5.41) is 4.23. The quantitative estimate of drug-likeness (QED) is 0.661. The van der Waals surface area contributed by atoms with Crippen molar-refractivity contribution < 1.29 is 18.6 Å². The first-order valence-corrected chi connectivity index (χ1v) is 8.54. The predicted octanol–water partition coefficient (Wildman–Crippen LogP) is 4.05. The average molecular weight is 369 g/mol. The van der Waals surface area contributed by atoms with Crippen LogP contribution in [0.3, 0.4) is 0 Å². The Morgan fingerprint density at radius 3 is 2.11 bits per heavy atom. The van der Waals surface area contributed by atoms with E-state index in [0.717, 1.165) is 27.8 Å². The molecule has 0 aliphatic carbocycles. The summed E-state index contributed by atoms with van der Waals surface area (Å²) >= 11 is 0. The summed E-state index contributed by atoms with van der Waals surface area (Å²) in [6, 6.07) is 9.10. The summed E-state index contributed by atoms with van der Waals surface area (Å²) in [6.45, 7) is 4.48. The van der Waals surface area contributed by atoms with Crippen molar-refractivity contribution in [3.63, 3.8) is 0 Å². The molecule has 3 rings (SSSR count). The second-order valence-corrected chi connectivity index (χ2v) is 6.29. The summed E-state index contributed by atoms with van der Waals surface area (Å²) in [6.07, 6.45) is 0. The van der Waals surface area contributed by atoms with Gasteiger partial charge in [-0.05, 0) is 42.7 Å². The molecule has 0 bridgehead atoms. The SMILES string of the molecule is COc1cc(NCc2cc(=O)oc3cc(C)c(C)cc23)cc(OC)c1OC. The zero-order valence-electron chi connectivity index (χ0n) is 16.1. The fraction of sp³-hybridized carbons (Fsp3) is 0.286. The molecule has 0 aliphatic rings. The third-order valence-corrected chi connectivity index (χ3v) is 4.59. The number of methoxy groups -OCH3 is 3. The van der Waals surface area contributed by atoms with E-state index in [4.69, 9.17) is 18.6 Å². The third-order valence-electron chi connectivity index (χ3n) is 4.59. The lowest BCUT2D eigenvalue weighted by Gasteiger charge is -2.15. The Kier molecular flexibility index (Phi) is 5.26. The van der Waals surface area contributed by atoms with Crippen LogP contribution in [0.2, 0.25) is 0 Å². The highest BCUT2D eigenvalue weighted by atomic mass is 16.5. The maximum absolute atomic E-state index is 11.9. The molecule has 1 heterocycles. The Balaban J connectivity index is 1.98. The van der Waals surface area contributed by atoms with Crippen LogP contribution in [-0.2, 0) is 6.54 Å². The van der Waals surface area contributed by atoms with Gasteiger partial charge in [0.1, 0.15) is 5.58 Å². The summed E-state index contributed by atoms with van der Waals surface area (Å²) in [7, 11) is 4.71. The molecule has 27 heavy (non-hydrogen) atoms. The predicted molar refractivity (Wildman–Crippen MR) is 105 cm³/mol. The second kappa shape index (κ2) is 7.61. The van der Waals surface area contributed by atoms with Crippen LogP contribution >= 0.6 is 0 Å². The van der Waals surface area contributed by atoms with Crippen molar-refractivity contribution in [1.29, 1.82) is 0 Å². The number of rotatable bonds is 6. The summed E-state index contributed by atoms with van der Waals surface area (Å²) in [4.78, 5) is 11.9. The molecule has 6 heteroatoms. The minimum Gasteiger partial charge on any atom is -0.493 e. The van der Waals surface area contributed by atoms with Gasteiger partial charge in [-0.2, -0.15) is 0 Å². The lowest BCUT2D eigenvalue weighted by Crippen LogP contribution is -2.07. The van der Waals surface area contributed by atoms with E-state index in [1.807, 2.05) is 38.1 Å². The van der Waals surface area contributed by atoms with Gasteiger partial charge in [0.05, 0.1) is 21.3 Å². The Morgan fingerprint density at radius 1 is 0.889 bits per heavy atom. The monoisotopic (exact) mass is 369 g/mol. The molecular weight excluding hydrogens is 346 g/mol. The molecule has 142 valence electrons. The van der Waals surface area contributed by atoms with Crippen molar-refractivity contribution in [3.05, 3.63) is 57.4 Å². The maximum Gasteiger partial charge on any atom is 0.336 e. The van der Waals surface area contributed by atoms with Crippen LogP contribution in [0, 0.1) is 13.8 Å². The molecule has 0 atom stereocenters. The Morgan fingerprint density at radius 2 is 1.52 bits per heavy atom. The first-order chi connectivity index (χ1) is 13.0. The zero-order chi connectivity index (χ0) is 19.6. The smallest absolute Gasteiger partial charge is 0.336 e. The summed E-state index contributed by atoms with van der Waals surface area (Å²) in [5.41, 5.74) is 4.10. The summed E-state index contributed by atoms with van der Waals surface area (Å²) in [5.74, 6) is 1.65. The standard InChI is InChI=1S/C21H23NO5/c1-12-6-16-14(8-20(23)27-17(16)7-13(12)2)11-22-15-9-18(24-3)21(26-5)19(10-15)25-4/h6-10,22H,11H2,1-5H3. The highest BCUT2D eigenvalue weighted by Crippen LogP contribution is 2.40. The lowest BCUT2D eigenvalue weighted by atomic mass is 10.0. The van der Waals surface area contributed by atoms with Gasteiger partial charge >= 0.3 is 5.63 Å². The van der Waals surface area contributed by atoms with Gasteiger partial charge in [-0.25, -0.2) is 4.79 Å². The van der Waals surface area contributed by atoms with Crippen LogP contribution in [0.15, 0.2) is 39.5 Å². The number of fused-ring (bicyclic) bond motifs is 1. The first-order valence-electron chi connectivity index (χ1n) is 8.54. The highest BCUT2D eigenvalue weighted by molar-refractivity contribution is 5.82. The number of benzene rings is 2. The molecule has 0 spiro atoms. The van der Waals surface area contributed by atoms with Crippen LogP contribution < -0.4 is 25.2 Å². The number of aryl methyl sites for hydroxylation is 2. The number of nitrogens with one attached hydrogen (secondary N) is 1. The van der Waals surface area contributed by atoms with Gasteiger partial charge in [0.25, 0.3) is 0 Å². The van der Waals surface area contributed by atoms with Crippen LogP contribution in [0.25, 0.3) is 11.0 Å². The van der Waals surface area contributed by atoms with Crippen LogP contribution in [0.5, 0.6) is 17.2 Å². The number of anilines is 1. The molecule has 0 saturated heterocycles. The van der Waals surface area contributed by atoms with E-state index in [1.165, 1.54) is 6.07 Å². The van der Waals surface area contributed by atoms with E-state index in [0.29, 0.717) is 29.4 Å². The van der Waals surface area contributed by atoms with E-state index in [1.54, 1.807) is 21.3 Å². The van der Waals surface area contributed by atoms with Gasteiger partial charge in [-0.15, -0.1) is 0 Å². The Bertz CT molecular complexity index is 1010. The summed E-state index contributed by atoms with van der Waals surface area (Å²) < 4.78 is 21.5. The highest BCUT2D eigenvalue weighted by Gasteiger charge is 2.14. The van der Waals surface area contributed by atoms with Gasteiger partial charge in [0.2, 0.25) is 5.75 Å². The molecule has 2 aromatic carbocycles. The molecule has 0 aliphatic heterocycles. The molecule has 1 aromatic heterocycles.